The molecule has 0 saturated heterocycles. The zero-order valence-electron chi connectivity index (χ0n) is 21.0. The van der Waals surface area contributed by atoms with Crippen LogP contribution in [0.5, 0.6) is 0 Å². The zero-order chi connectivity index (χ0) is 26.0. The van der Waals surface area contributed by atoms with E-state index < -0.39 is 0 Å². The van der Waals surface area contributed by atoms with Gasteiger partial charge >= 0.3 is 0 Å². The van der Waals surface area contributed by atoms with Gasteiger partial charge in [-0.1, -0.05) is 96.3 Å². The number of ether oxygens (including phenoxy) is 2. The Labute approximate surface area is 220 Å². The maximum Gasteiger partial charge on any atom is 0.145 e. The van der Waals surface area contributed by atoms with Crippen LogP contribution >= 0.6 is 23.5 Å². The van der Waals surface area contributed by atoms with E-state index in [0.29, 0.717) is 6.79 Å². The lowest BCUT2D eigenvalue weighted by Crippen LogP contribution is -1.87. The van der Waals surface area contributed by atoms with E-state index in [1.54, 1.807) is 37.7 Å². The smallest absolute Gasteiger partial charge is 0.145 e. The van der Waals surface area contributed by atoms with Crippen molar-refractivity contribution in [3.8, 4) is 0 Å². The summed E-state index contributed by atoms with van der Waals surface area (Å²) in [6, 6.07) is 41.6. The van der Waals surface area contributed by atoms with Gasteiger partial charge in [-0.15, -0.1) is 0 Å². The molecule has 0 aliphatic rings. The fourth-order valence-corrected chi connectivity index (χ4v) is 4.06. The monoisotopic (exact) mass is 510 g/mol. The molecule has 4 rings (SSSR count). The third-order valence-corrected chi connectivity index (χ3v) is 5.71. The third-order valence-electron chi connectivity index (χ3n) is 3.68. The molecule has 4 nitrogen and oxygen atoms in total. The fraction of sp³-hybridized carbons (Fsp3) is 0.172. The van der Waals surface area contributed by atoms with Crippen molar-refractivity contribution in [2.24, 2.45) is 11.5 Å². The molecule has 0 radical (unpaired) electrons. The van der Waals surface area contributed by atoms with Gasteiger partial charge in [0.25, 0.3) is 0 Å². The molecule has 6 heteroatoms. The van der Waals surface area contributed by atoms with E-state index in [-0.39, 0.29) is 0 Å². The summed E-state index contributed by atoms with van der Waals surface area (Å²) >= 11 is 3.58. The molecule has 0 atom stereocenters. The van der Waals surface area contributed by atoms with Crippen molar-refractivity contribution in [1.82, 2.24) is 0 Å². The number of rotatable bonds is 6. The summed E-state index contributed by atoms with van der Waals surface area (Å²) in [4.78, 5) is 5.14. The van der Waals surface area contributed by atoms with Crippen LogP contribution in [0.2, 0.25) is 0 Å². The van der Waals surface area contributed by atoms with Gasteiger partial charge in [-0.2, -0.15) is 0 Å². The zero-order valence-corrected chi connectivity index (χ0v) is 22.7. The Morgan fingerprint density at radius 2 is 0.629 bits per heavy atom. The topological polar surface area (TPSA) is 70.5 Å². The average molecular weight is 511 g/mol. The molecule has 0 aliphatic carbocycles. The van der Waals surface area contributed by atoms with Crippen LogP contribution in [0.4, 0.5) is 0 Å². The van der Waals surface area contributed by atoms with Crippen molar-refractivity contribution in [2.75, 3.05) is 35.1 Å². The van der Waals surface area contributed by atoms with Crippen LogP contribution < -0.4 is 11.5 Å². The van der Waals surface area contributed by atoms with Gasteiger partial charge in [0.2, 0.25) is 0 Å². The van der Waals surface area contributed by atoms with E-state index in [0.717, 1.165) is 0 Å². The SMILES string of the molecule is CN.CN.COCOC.c1ccc(Sc2ccccc2)cc1.c1ccc(Sc2ccccc2)cc1. The number of benzene rings is 4. The van der Waals surface area contributed by atoms with Crippen LogP contribution in [-0.2, 0) is 9.47 Å². The van der Waals surface area contributed by atoms with Gasteiger partial charge in [0.15, 0.2) is 0 Å². The summed E-state index contributed by atoms with van der Waals surface area (Å²) in [5, 5.41) is 0. The second kappa shape index (κ2) is 24.5. The van der Waals surface area contributed by atoms with Crippen molar-refractivity contribution in [3.63, 3.8) is 0 Å². The number of methoxy groups -OCH3 is 2. The normalized spacial score (nSPS) is 8.86. The Morgan fingerprint density at radius 3 is 0.771 bits per heavy atom. The highest BCUT2D eigenvalue weighted by atomic mass is 32.2. The molecule has 0 unspecified atom stereocenters. The first kappa shape index (κ1) is 32.4. The van der Waals surface area contributed by atoms with Gasteiger partial charge in [-0.25, -0.2) is 0 Å². The average Bonchev–Trinajstić information content (AvgIpc) is 2.94. The second-order valence-electron chi connectivity index (χ2n) is 6.15. The summed E-state index contributed by atoms with van der Waals surface area (Å²) in [5.74, 6) is 0. The van der Waals surface area contributed by atoms with Crippen molar-refractivity contribution >= 4 is 23.5 Å². The molecule has 0 saturated carbocycles. The maximum absolute atomic E-state index is 4.50. The lowest BCUT2D eigenvalue weighted by atomic mass is 10.4. The molecule has 0 spiro atoms. The summed E-state index contributed by atoms with van der Waals surface area (Å²) in [7, 11) is 6.17. The van der Waals surface area contributed by atoms with Crippen molar-refractivity contribution in [2.45, 2.75) is 19.6 Å². The van der Waals surface area contributed by atoms with Crippen molar-refractivity contribution in [3.05, 3.63) is 121 Å². The molecule has 0 amide bonds. The molecule has 4 N–H and O–H groups in total. The quantitative estimate of drug-likeness (QED) is 0.271. The maximum atomic E-state index is 4.50. The number of hydrogen-bond donors (Lipinski definition) is 2. The Bertz CT molecular complexity index is 776. The highest BCUT2D eigenvalue weighted by molar-refractivity contribution is 7.99. The Kier molecular flexibility index (Phi) is 22.7. The van der Waals surface area contributed by atoms with Crippen LogP contribution in [-0.4, -0.2) is 35.1 Å². The highest BCUT2D eigenvalue weighted by Crippen LogP contribution is 2.27. The first-order valence-corrected chi connectivity index (χ1v) is 12.6. The van der Waals surface area contributed by atoms with E-state index in [1.165, 1.54) is 33.7 Å². The van der Waals surface area contributed by atoms with E-state index in [1.807, 2.05) is 24.3 Å². The van der Waals surface area contributed by atoms with Gasteiger partial charge in [-0.3, -0.25) is 0 Å². The molecule has 35 heavy (non-hydrogen) atoms. The number of nitrogens with two attached hydrogens (primary N) is 2. The van der Waals surface area contributed by atoms with Crippen LogP contribution in [0.15, 0.2) is 141 Å². The summed E-state index contributed by atoms with van der Waals surface area (Å²) in [6.07, 6.45) is 0. The molecule has 4 aromatic carbocycles. The third kappa shape index (κ3) is 17.5. The van der Waals surface area contributed by atoms with Gasteiger partial charge in [0, 0.05) is 33.8 Å². The van der Waals surface area contributed by atoms with Crippen molar-refractivity contribution < 1.29 is 9.47 Å². The lowest BCUT2D eigenvalue weighted by molar-refractivity contribution is -0.00272. The predicted molar refractivity (Wildman–Crippen MR) is 153 cm³/mol. The molecule has 4 aromatic rings. The number of hydrogen-bond acceptors (Lipinski definition) is 6. The Hall–Kier alpha value is -2.58. The second-order valence-corrected chi connectivity index (χ2v) is 8.45. The van der Waals surface area contributed by atoms with Gasteiger partial charge in [0.05, 0.1) is 0 Å². The molecule has 0 heterocycles. The molecule has 0 aliphatic heterocycles. The molecule has 0 aromatic heterocycles. The van der Waals surface area contributed by atoms with Crippen LogP contribution in [0.1, 0.15) is 0 Å². The summed E-state index contributed by atoms with van der Waals surface area (Å²) in [6.45, 7) is 0.389. The molecular weight excluding hydrogens is 472 g/mol. The Morgan fingerprint density at radius 1 is 0.429 bits per heavy atom. The molecule has 0 fully saturated rings. The summed E-state index contributed by atoms with van der Waals surface area (Å²) < 4.78 is 8.94. The van der Waals surface area contributed by atoms with E-state index in [2.05, 4.69) is 118 Å². The summed E-state index contributed by atoms with van der Waals surface area (Å²) in [5.41, 5.74) is 9.00. The largest absolute Gasteiger partial charge is 0.359 e. The van der Waals surface area contributed by atoms with Gasteiger partial charge in [0.1, 0.15) is 6.79 Å². The van der Waals surface area contributed by atoms with E-state index in [9.17, 15) is 0 Å². The van der Waals surface area contributed by atoms with Gasteiger partial charge in [-0.05, 0) is 62.6 Å². The Balaban J connectivity index is 0.000000499. The van der Waals surface area contributed by atoms with Crippen LogP contribution in [0.25, 0.3) is 0 Å². The van der Waals surface area contributed by atoms with Crippen LogP contribution in [0.3, 0.4) is 0 Å². The standard InChI is InChI=1S/2C12H10S.C3H8O2.2CH5N/c2*1-3-7-11(8-4-1)13-12-9-5-2-6-10-12;1-4-3-5-2;2*1-2/h2*1-10H;3H2,1-2H3;2*2H2,1H3. The first-order chi connectivity index (χ1) is 17.3. The van der Waals surface area contributed by atoms with Crippen LogP contribution in [0, 0.1) is 0 Å². The molecule has 188 valence electrons. The van der Waals surface area contributed by atoms with Crippen molar-refractivity contribution in [1.29, 1.82) is 0 Å². The lowest BCUT2D eigenvalue weighted by Gasteiger charge is -1.99. The van der Waals surface area contributed by atoms with Gasteiger partial charge < -0.3 is 20.9 Å². The first-order valence-electron chi connectivity index (χ1n) is 11.0. The molecular formula is C29H38N2O2S2. The minimum Gasteiger partial charge on any atom is -0.359 e. The predicted octanol–water partition coefficient (Wildman–Crippen LogP) is 7.06. The fourth-order valence-electron chi connectivity index (χ4n) is 2.34. The van der Waals surface area contributed by atoms with E-state index >= 15 is 0 Å². The minimum absolute atomic E-state index is 0.389. The molecule has 0 bridgehead atoms. The minimum atomic E-state index is 0.389. The highest BCUT2D eigenvalue weighted by Gasteiger charge is 1.94. The van der Waals surface area contributed by atoms with E-state index in [4.69, 9.17) is 0 Å².